The predicted octanol–water partition coefficient (Wildman–Crippen LogP) is 26.6. The van der Waals surface area contributed by atoms with E-state index in [-0.39, 0.29) is 0 Å². The van der Waals surface area contributed by atoms with E-state index in [4.69, 9.17) is 43.2 Å². The molecule has 7 aromatic heterocycles. The minimum Gasteiger partial charge on any atom is -0.456 e. The Morgan fingerprint density at radius 2 is 0.487 bits per heavy atom. The Morgan fingerprint density at radius 3 is 1.01 bits per heavy atom. The van der Waals surface area contributed by atoms with Crippen LogP contribution in [-0.2, 0) is 0 Å². The van der Waals surface area contributed by atoms with Gasteiger partial charge in [0.05, 0.1) is 44.2 Å². The maximum atomic E-state index is 7.14. The Balaban J connectivity index is 0.650. The summed E-state index contributed by atoms with van der Waals surface area (Å²) in [6.07, 6.45) is 0. The summed E-state index contributed by atoms with van der Waals surface area (Å²) < 4.78 is 25.4. The van der Waals surface area contributed by atoms with Crippen LogP contribution in [0.25, 0.3) is 234 Å². The van der Waals surface area contributed by atoms with Crippen LogP contribution in [0.4, 0.5) is 0 Å². The Kier molecular flexibility index (Phi) is 14.4. The molecule has 0 saturated heterocycles. The third-order valence-corrected chi connectivity index (χ3v) is 22.2. The molecular weight excluding hydrogens is 1390 g/mol. The molecule has 526 valence electrons. The Hall–Kier alpha value is -15.5. The molecule has 7 heterocycles. The predicted molar refractivity (Wildman–Crippen MR) is 458 cm³/mol. The second kappa shape index (κ2) is 25.6. The first kappa shape index (κ1) is 63.6. The van der Waals surface area contributed by atoms with Crippen LogP contribution in [0.2, 0.25) is 0 Å². The summed E-state index contributed by atoms with van der Waals surface area (Å²) in [4.78, 5) is 32.0. The van der Waals surface area contributed by atoms with Gasteiger partial charge in [0.1, 0.15) is 33.5 Å². The SMILES string of the molecule is c1ccc(-c2cc(-n3c4ccccc4c4ccccc43)c3c(c2)oc2cccc(-c4nc(-c5ccccc5)nc(-c5ccc(-c6cccc(-c7ccc8c9ccccc9n(-c9cc(-c%10ccccc%10)cc%10oc%11cccc(-c%12nc(-c%13ccccc%13)nc(-c%13ccc%14c(c%13)oc%13ccccc%13%14)n%12)c%11c9%10)c8c7)c6)cc5)n4)c23)cc1. The fraction of sp³-hybridized carbons (Fsp3) is 0. The van der Waals surface area contributed by atoms with Gasteiger partial charge in [0, 0.05) is 76.5 Å². The number of aromatic nitrogens is 8. The zero-order chi connectivity index (χ0) is 74.2. The fourth-order valence-electron chi connectivity index (χ4n) is 17.0. The van der Waals surface area contributed by atoms with Gasteiger partial charge in [-0.2, -0.15) is 0 Å². The van der Waals surface area contributed by atoms with Crippen molar-refractivity contribution in [2.45, 2.75) is 0 Å². The first-order valence-electron chi connectivity index (χ1n) is 37.9. The highest BCUT2D eigenvalue weighted by Crippen LogP contribution is 2.48. The molecule has 0 bridgehead atoms. The van der Waals surface area contributed by atoms with Crippen molar-refractivity contribution in [1.29, 1.82) is 0 Å². The van der Waals surface area contributed by atoms with E-state index >= 15 is 0 Å². The average Bonchev–Trinajstić information content (AvgIpc) is 1.57. The van der Waals surface area contributed by atoms with E-state index in [1.807, 2.05) is 97.1 Å². The van der Waals surface area contributed by atoms with Crippen LogP contribution in [-0.4, -0.2) is 39.0 Å². The third-order valence-electron chi connectivity index (χ3n) is 22.2. The van der Waals surface area contributed by atoms with Crippen molar-refractivity contribution in [3.63, 3.8) is 0 Å². The smallest absolute Gasteiger partial charge is 0.164 e. The molecule has 0 aliphatic carbocycles. The van der Waals surface area contributed by atoms with Gasteiger partial charge in [-0.3, -0.25) is 0 Å². The lowest BCUT2D eigenvalue weighted by atomic mass is 9.97. The lowest BCUT2D eigenvalue weighted by Crippen LogP contribution is -2.01. The number of benzene rings is 16. The number of nitrogens with zero attached hydrogens (tertiary/aromatic N) is 8. The van der Waals surface area contributed by atoms with Crippen molar-refractivity contribution in [3.05, 3.63) is 364 Å². The van der Waals surface area contributed by atoms with E-state index < -0.39 is 0 Å². The van der Waals surface area contributed by atoms with Crippen molar-refractivity contribution in [2.75, 3.05) is 0 Å². The Morgan fingerprint density at radius 1 is 0.168 bits per heavy atom. The molecule has 23 rings (SSSR count). The number of rotatable bonds is 12. The molecule has 0 spiro atoms. The highest BCUT2D eigenvalue weighted by molar-refractivity contribution is 6.21. The minimum absolute atomic E-state index is 0.513. The average molecular weight is 1450 g/mol. The molecule has 23 aromatic rings. The lowest BCUT2D eigenvalue weighted by molar-refractivity contribution is 0.668. The molecule has 113 heavy (non-hydrogen) atoms. The quantitative estimate of drug-likeness (QED) is 0.117. The maximum absolute atomic E-state index is 7.14. The largest absolute Gasteiger partial charge is 0.456 e. The van der Waals surface area contributed by atoms with Crippen molar-refractivity contribution < 1.29 is 13.3 Å². The zero-order valence-corrected chi connectivity index (χ0v) is 60.4. The van der Waals surface area contributed by atoms with Crippen LogP contribution in [0, 0.1) is 0 Å². The second-order valence-corrected chi connectivity index (χ2v) is 28.8. The standard InChI is InChI=1S/C102H60N8O3/c1-5-24-61(25-6-1)71-56-85(109-81-40-17-13-34-73(81)74-35-14-18-41-82(74)109)95-91(59-71)112-88-44-22-38-79(93(88)95)101-105-97(64-28-9-3-10-29-64)103-99(107-101)66-48-46-63(47-49-66)67-32-21-33-68(54-67)69-50-52-76-75-36-15-19-42-83(75)110(84(76)55-69)86-57-72(62-26-7-2-8-27-62)60-92-96(86)94-80(39-23-45-89(94)113-92)102-106-98(65-30-11-4-12-31-65)104-100(108-102)70-51-53-78-77-37-16-20-43-87(77)111-90(78)58-70/h1-60H. The summed E-state index contributed by atoms with van der Waals surface area (Å²) >= 11 is 0. The van der Waals surface area contributed by atoms with Gasteiger partial charge in [0.25, 0.3) is 0 Å². The maximum Gasteiger partial charge on any atom is 0.164 e. The van der Waals surface area contributed by atoms with Gasteiger partial charge in [0.2, 0.25) is 0 Å². The third kappa shape index (κ3) is 10.5. The van der Waals surface area contributed by atoms with E-state index in [1.54, 1.807) is 0 Å². The van der Waals surface area contributed by atoms with Crippen molar-refractivity contribution >= 4 is 109 Å². The topological polar surface area (TPSA) is 127 Å². The van der Waals surface area contributed by atoms with Crippen molar-refractivity contribution in [3.8, 4) is 124 Å². The fourth-order valence-corrected chi connectivity index (χ4v) is 17.0. The molecule has 0 atom stereocenters. The van der Waals surface area contributed by atoms with Gasteiger partial charge in [-0.25, -0.2) is 29.9 Å². The van der Waals surface area contributed by atoms with Crippen LogP contribution >= 0.6 is 0 Å². The zero-order valence-electron chi connectivity index (χ0n) is 60.4. The summed E-state index contributed by atoms with van der Waals surface area (Å²) in [6.45, 7) is 0. The van der Waals surface area contributed by atoms with E-state index in [0.717, 1.165) is 182 Å². The van der Waals surface area contributed by atoms with Crippen LogP contribution < -0.4 is 0 Å². The Labute approximate surface area is 645 Å². The first-order chi connectivity index (χ1) is 56.0. The molecule has 0 radical (unpaired) electrons. The molecular formula is C102H60N8O3. The van der Waals surface area contributed by atoms with Crippen LogP contribution in [0.1, 0.15) is 0 Å². The molecule has 0 fully saturated rings. The first-order valence-corrected chi connectivity index (χ1v) is 37.9. The van der Waals surface area contributed by atoms with Gasteiger partial charge < -0.3 is 22.4 Å². The van der Waals surface area contributed by atoms with Gasteiger partial charge in [-0.05, 0) is 129 Å². The summed E-state index contributed by atoms with van der Waals surface area (Å²) in [5.74, 6) is 3.23. The molecule has 0 N–H and O–H groups in total. The van der Waals surface area contributed by atoms with Gasteiger partial charge in [-0.1, -0.05) is 279 Å². The number of para-hydroxylation sites is 4. The summed E-state index contributed by atoms with van der Waals surface area (Å²) in [7, 11) is 0. The molecule has 0 aliphatic rings. The summed E-state index contributed by atoms with van der Waals surface area (Å²) in [6, 6.07) is 127. The minimum atomic E-state index is 0.513. The van der Waals surface area contributed by atoms with Crippen molar-refractivity contribution in [1.82, 2.24) is 39.0 Å². The second-order valence-electron chi connectivity index (χ2n) is 28.8. The number of hydrogen-bond donors (Lipinski definition) is 0. The number of hydrogen-bond acceptors (Lipinski definition) is 9. The lowest BCUT2D eigenvalue weighted by Gasteiger charge is -2.14. The molecule has 0 amide bonds. The molecule has 0 aliphatic heterocycles. The van der Waals surface area contributed by atoms with Crippen LogP contribution in [0.15, 0.2) is 377 Å². The van der Waals surface area contributed by atoms with E-state index in [2.05, 4.69) is 276 Å². The highest BCUT2D eigenvalue weighted by Gasteiger charge is 2.28. The van der Waals surface area contributed by atoms with E-state index in [9.17, 15) is 0 Å². The van der Waals surface area contributed by atoms with Crippen LogP contribution in [0.3, 0.4) is 0 Å². The number of fused-ring (bicyclic) bond motifs is 15. The normalized spacial score (nSPS) is 11.9. The van der Waals surface area contributed by atoms with Gasteiger partial charge in [0.15, 0.2) is 34.9 Å². The molecule has 11 heteroatoms. The monoisotopic (exact) mass is 1440 g/mol. The summed E-state index contributed by atoms with van der Waals surface area (Å²) in [5.41, 5.74) is 24.2. The summed E-state index contributed by atoms with van der Waals surface area (Å²) in [5, 5.41) is 10.4. The van der Waals surface area contributed by atoms with Crippen LogP contribution in [0.5, 0.6) is 0 Å². The van der Waals surface area contributed by atoms with Gasteiger partial charge >= 0.3 is 0 Å². The molecule has 11 nitrogen and oxygen atoms in total. The van der Waals surface area contributed by atoms with Crippen molar-refractivity contribution in [2.24, 2.45) is 0 Å². The van der Waals surface area contributed by atoms with Gasteiger partial charge in [-0.15, -0.1) is 0 Å². The molecule has 16 aromatic carbocycles. The highest BCUT2D eigenvalue weighted by atomic mass is 16.3. The van der Waals surface area contributed by atoms with E-state index in [1.165, 1.54) is 10.8 Å². The number of furan rings is 3. The van der Waals surface area contributed by atoms with E-state index in [0.29, 0.717) is 40.5 Å². The molecule has 0 unspecified atom stereocenters. The Bertz CT molecular complexity index is 7740. The molecule has 0 saturated carbocycles.